The molecule has 0 saturated heterocycles. The number of halogens is 1. The summed E-state index contributed by atoms with van der Waals surface area (Å²) >= 11 is 5.92. The van der Waals surface area contributed by atoms with Crippen molar-refractivity contribution in [2.45, 2.75) is 57.0 Å². The van der Waals surface area contributed by atoms with E-state index in [9.17, 15) is 4.79 Å². The maximum atomic E-state index is 12.6. The molecule has 0 aliphatic heterocycles. The van der Waals surface area contributed by atoms with Gasteiger partial charge in [-0.2, -0.15) is 0 Å². The van der Waals surface area contributed by atoms with Crippen molar-refractivity contribution in [3.63, 3.8) is 0 Å². The lowest BCUT2D eigenvalue weighted by atomic mass is 9.99. The van der Waals surface area contributed by atoms with Crippen LogP contribution in [0.5, 0.6) is 0 Å². The van der Waals surface area contributed by atoms with Crippen LogP contribution in [0.1, 0.15) is 67.0 Å². The quantitative estimate of drug-likeness (QED) is 0.777. The molecule has 3 fully saturated rings. The van der Waals surface area contributed by atoms with Gasteiger partial charge in [0, 0.05) is 34.8 Å². The molecule has 0 radical (unpaired) electrons. The number of amides is 1. The summed E-state index contributed by atoms with van der Waals surface area (Å²) < 4.78 is 2.35. The summed E-state index contributed by atoms with van der Waals surface area (Å²) in [7, 11) is 0. The largest absolute Gasteiger partial charge is 0.349 e. The highest BCUT2D eigenvalue weighted by atomic mass is 35.5. The van der Waals surface area contributed by atoms with Crippen LogP contribution in [0.4, 0.5) is 0 Å². The summed E-state index contributed by atoms with van der Waals surface area (Å²) in [5, 5.41) is 3.93. The van der Waals surface area contributed by atoms with Crippen molar-refractivity contribution < 1.29 is 4.79 Å². The molecule has 27 heavy (non-hydrogen) atoms. The summed E-state index contributed by atoms with van der Waals surface area (Å²) in [5.74, 6) is 2.87. The summed E-state index contributed by atoms with van der Waals surface area (Å²) in [5.41, 5.74) is 1.97. The van der Waals surface area contributed by atoms with E-state index in [0.29, 0.717) is 22.5 Å². The average molecular weight is 384 g/mol. The second kappa shape index (κ2) is 6.66. The van der Waals surface area contributed by atoms with Crippen LogP contribution in [0.25, 0.3) is 0 Å². The highest BCUT2D eigenvalue weighted by Crippen LogP contribution is 2.62. The zero-order valence-electron chi connectivity index (χ0n) is 15.6. The van der Waals surface area contributed by atoms with Gasteiger partial charge in [0.05, 0.1) is 12.0 Å². The van der Waals surface area contributed by atoms with Crippen LogP contribution < -0.4 is 5.32 Å². The normalized spacial score (nSPS) is 30.0. The molecule has 5 rings (SSSR count). The zero-order valence-corrected chi connectivity index (χ0v) is 16.4. The van der Waals surface area contributed by atoms with E-state index in [4.69, 9.17) is 11.6 Å². The van der Waals surface area contributed by atoms with E-state index in [2.05, 4.69) is 28.0 Å². The van der Waals surface area contributed by atoms with E-state index in [-0.39, 0.29) is 11.9 Å². The number of fused-ring (bicyclic) bond motifs is 1. The highest BCUT2D eigenvalue weighted by Gasteiger charge is 2.58. The zero-order chi connectivity index (χ0) is 18.5. The molecule has 3 saturated carbocycles. The van der Waals surface area contributed by atoms with Crippen LogP contribution in [-0.4, -0.2) is 21.5 Å². The molecule has 4 nitrogen and oxygen atoms in total. The minimum Gasteiger partial charge on any atom is -0.349 e. The first kappa shape index (κ1) is 17.3. The van der Waals surface area contributed by atoms with Crippen molar-refractivity contribution in [1.29, 1.82) is 0 Å². The Kier molecular flexibility index (Phi) is 4.27. The molecule has 1 heterocycles. The van der Waals surface area contributed by atoms with Gasteiger partial charge in [0.25, 0.3) is 5.91 Å². The lowest BCUT2D eigenvalue weighted by molar-refractivity contribution is 0.0927. The van der Waals surface area contributed by atoms with E-state index in [1.165, 1.54) is 31.4 Å². The number of imidazole rings is 1. The predicted octanol–water partition coefficient (Wildman–Crippen LogP) is 4.82. The van der Waals surface area contributed by atoms with Crippen molar-refractivity contribution in [1.82, 2.24) is 14.9 Å². The fourth-order valence-electron chi connectivity index (χ4n) is 5.17. The van der Waals surface area contributed by atoms with Gasteiger partial charge in [0.2, 0.25) is 0 Å². The third-order valence-corrected chi connectivity index (χ3v) is 7.10. The number of hydrogen-bond acceptors (Lipinski definition) is 2. The number of rotatable bonds is 6. The molecule has 1 aromatic heterocycles. The molecular weight excluding hydrogens is 358 g/mol. The van der Waals surface area contributed by atoms with Crippen LogP contribution in [0.2, 0.25) is 5.02 Å². The Morgan fingerprint density at radius 1 is 1.26 bits per heavy atom. The molecule has 2 aromatic rings. The van der Waals surface area contributed by atoms with Gasteiger partial charge in [0.1, 0.15) is 0 Å². The third-order valence-electron chi connectivity index (χ3n) is 6.85. The van der Waals surface area contributed by atoms with Gasteiger partial charge in [-0.05, 0) is 74.1 Å². The minimum absolute atomic E-state index is 0.0173. The monoisotopic (exact) mass is 383 g/mol. The van der Waals surface area contributed by atoms with Gasteiger partial charge < -0.3 is 9.88 Å². The van der Waals surface area contributed by atoms with E-state index >= 15 is 0 Å². The maximum Gasteiger partial charge on any atom is 0.251 e. The van der Waals surface area contributed by atoms with E-state index < -0.39 is 0 Å². The lowest BCUT2D eigenvalue weighted by Crippen LogP contribution is -2.37. The Bertz CT molecular complexity index is 829. The maximum absolute atomic E-state index is 12.6. The van der Waals surface area contributed by atoms with E-state index in [1.807, 2.05) is 6.33 Å². The Hall–Kier alpha value is -1.81. The smallest absolute Gasteiger partial charge is 0.251 e. The average Bonchev–Trinajstić information content (AvgIpc) is 3.53. The first-order valence-corrected chi connectivity index (χ1v) is 10.6. The number of carbonyl (C=O) groups is 1. The van der Waals surface area contributed by atoms with Crippen LogP contribution in [0, 0.1) is 17.8 Å². The molecule has 1 N–H and O–H groups in total. The van der Waals surface area contributed by atoms with Crippen LogP contribution in [0.15, 0.2) is 36.8 Å². The van der Waals surface area contributed by atoms with Gasteiger partial charge in [-0.15, -0.1) is 0 Å². The number of aromatic nitrogens is 2. The first-order chi connectivity index (χ1) is 13.1. The van der Waals surface area contributed by atoms with E-state index in [1.54, 1.807) is 24.3 Å². The highest BCUT2D eigenvalue weighted by molar-refractivity contribution is 6.30. The Labute approximate surface area is 165 Å². The van der Waals surface area contributed by atoms with Crippen molar-refractivity contribution in [2.24, 2.45) is 17.8 Å². The molecule has 142 valence electrons. The molecule has 1 amide bonds. The van der Waals surface area contributed by atoms with Crippen molar-refractivity contribution in [3.8, 4) is 0 Å². The number of carbonyl (C=O) groups excluding carboxylic acids is 1. The Morgan fingerprint density at radius 2 is 1.96 bits per heavy atom. The van der Waals surface area contributed by atoms with Crippen molar-refractivity contribution in [3.05, 3.63) is 53.1 Å². The predicted molar refractivity (Wildman–Crippen MR) is 106 cm³/mol. The SMILES string of the molecule is CCC(NC(=O)c1ccc(Cl)cc1)[C@H]1[C@@H]2C[C@@H](n3cnc(C4CC4)c3)C[C@@H]21. The molecule has 3 aliphatic rings. The van der Waals surface area contributed by atoms with Gasteiger partial charge in [-0.3, -0.25) is 4.79 Å². The molecule has 5 heteroatoms. The number of hydrogen-bond donors (Lipinski definition) is 1. The summed E-state index contributed by atoms with van der Waals surface area (Å²) in [4.78, 5) is 17.2. The van der Waals surface area contributed by atoms with Crippen molar-refractivity contribution in [2.75, 3.05) is 0 Å². The molecule has 1 aromatic carbocycles. The molecule has 0 bridgehead atoms. The van der Waals surface area contributed by atoms with Gasteiger partial charge >= 0.3 is 0 Å². The van der Waals surface area contributed by atoms with Crippen LogP contribution >= 0.6 is 11.6 Å². The molecule has 3 aliphatic carbocycles. The summed E-state index contributed by atoms with van der Waals surface area (Å²) in [6.07, 6.45) is 10.4. The van der Waals surface area contributed by atoms with E-state index in [0.717, 1.165) is 24.2 Å². The summed E-state index contributed by atoms with van der Waals surface area (Å²) in [6, 6.07) is 8.01. The molecule has 5 atom stereocenters. The van der Waals surface area contributed by atoms with Crippen molar-refractivity contribution >= 4 is 17.5 Å². The minimum atomic E-state index is 0.0173. The Morgan fingerprint density at radius 3 is 2.59 bits per heavy atom. The standard InChI is InChI=1S/C22H26ClN3O/c1-2-19(25-22(27)14-5-7-15(23)8-6-14)21-17-9-16(10-18(17)21)26-11-20(24-12-26)13-3-4-13/h5-8,11-13,16-19,21H,2-4,9-10H2,1H3,(H,25,27)/t16-,17-,18+,19?,21+. The number of benzene rings is 1. The second-order valence-electron chi connectivity index (χ2n) is 8.55. The molecule has 0 spiro atoms. The first-order valence-electron chi connectivity index (χ1n) is 10.2. The second-order valence-corrected chi connectivity index (χ2v) is 8.98. The van der Waals surface area contributed by atoms with Crippen LogP contribution in [-0.2, 0) is 0 Å². The topological polar surface area (TPSA) is 46.9 Å². The molecule has 1 unspecified atom stereocenters. The van der Waals surface area contributed by atoms with Gasteiger partial charge in [0.15, 0.2) is 0 Å². The number of nitrogens with one attached hydrogen (secondary N) is 1. The molecular formula is C22H26ClN3O. The fourth-order valence-corrected chi connectivity index (χ4v) is 5.30. The fraction of sp³-hybridized carbons (Fsp3) is 0.545. The Balaban J connectivity index is 1.19. The lowest BCUT2D eigenvalue weighted by Gasteiger charge is -2.22. The number of nitrogens with zero attached hydrogens (tertiary/aromatic N) is 2. The summed E-state index contributed by atoms with van der Waals surface area (Å²) in [6.45, 7) is 2.18. The van der Waals surface area contributed by atoms with Crippen LogP contribution in [0.3, 0.4) is 0 Å². The third kappa shape index (κ3) is 3.29. The van der Waals surface area contributed by atoms with Gasteiger partial charge in [-0.1, -0.05) is 18.5 Å². The van der Waals surface area contributed by atoms with Gasteiger partial charge in [-0.25, -0.2) is 4.98 Å².